The van der Waals surface area contributed by atoms with Crippen LogP contribution in [0, 0.1) is 5.82 Å². The lowest BCUT2D eigenvalue weighted by molar-refractivity contribution is 0.0663. The molecule has 1 atom stereocenters. The van der Waals surface area contributed by atoms with Crippen molar-refractivity contribution in [1.29, 1.82) is 0 Å². The van der Waals surface area contributed by atoms with Gasteiger partial charge in [0.15, 0.2) is 0 Å². The molecule has 0 aromatic heterocycles. The number of ether oxygens (including phenoxy) is 1. The van der Waals surface area contributed by atoms with Crippen LogP contribution in [-0.2, 0) is 0 Å². The Morgan fingerprint density at radius 1 is 0.933 bits per heavy atom. The van der Waals surface area contributed by atoms with Gasteiger partial charge in [-0.05, 0) is 53.2 Å². The fourth-order valence-corrected chi connectivity index (χ4v) is 4.13. The number of nitrogens with zero attached hydrogens (tertiary/aromatic N) is 2. The van der Waals surface area contributed by atoms with Crippen LogP contribution in [0.1, 0.15) is 0 Å². The molecule has 1 aliphatic heterocycles. The topological polar surface area (TPSA) is 35.9 Å². The number of hydrogen-bond acceptors (Lipinski definition) is 4. The average Bonchev–Trinajstić information content (AvgIpc) is 2.74. The molecule has 0 saturated carbocycles. The molecule has 4 nitrogen and oxygen atoms in total. The highest BCUT2D eigenvalue weighted by atomic mass is 35.5. The largest absolute Gasteiger partial charge is 0.491 e. The van der Waals surface area contributed by atoms with Crippen LogP contribution in [0.4, 0.5) is 10.1 Å². The molecule has 1 heterocycles. The summed E-state index contributed by atoms with van der Waals surface area (Å²) in [4.78, 5) is 4.43. The van der Waals surface area contributed by atoms with Crippen molar-refractivity contribution in [3.05, 3.63) is 70.5 Å². The Kier molecular flexibility index (Phi) is 6.64. The van der Waals surface area contributed by atoms with E-state index >= 15 is 0 Å². The van der Waals surface area contributed by atoms with Crippen molar-refractivity contribution >= 4 is 39.7 Å². The number of β-amino-alcohol motifs (C(OH)–C–C–N with tert-alkyl or cyclic N) is 1. The minimum atomic E-state index is -0.602. The maximum absolute atomic E-state index is 13.3. The molecule has 4 rings (SSSR count). The van der Waals surface area contributed by atoms with Crippen molar-refractivity contribution in [1.82, 2.24) is 4.90 Å². The number of piperazine rings is 1. The van der Waals surface area contributed by atoms with E-state index in [9.17, 15) is 9.50 Å². The van der Waals surface area contributed by atoms with E-state index < -0.39 is 6.10 Å². The van der Waals surface area contributed by atoms with Gasteiger partial charge in [0.2, 0.25) is 0 Å². The molecule has 1 unspecified atom stereocenters. The third kappa shape index (κ3) is 5.16. The van der Waals surface area contributed by atoms with Crippen molar-refractivity contribution in [2.45, 2.75) is 6.10 Å². The van der Waals surface area contributed by atoms with Crippen LogP contribution in [0.15, 0.2) is 54.6 Å². The zero-order chi connectivity index (χ0) is 21.1. The zero-order valence-electron chi connectivity index (χ0n) is 16.4. The number of fused-ring (bicyclic) bond motifs is 1. The van der Waals surface area contributed by atoms with E-state index in [0.717, 1.165) is 42.6 Å². The molecule has 3 aromatic rings. The van der Waals surface area contributed by atoms with Crippen LogP contribution in [0.5, 0.6) is 5.75 Å². The number of benzene rings is 3. The summed E-state index contributed by atoms with van der Waals surface area (Å²) in [5, 5.41) is 13.5. The maximum Gasteiger partial charge on any atom is 0.123 e. The summed E-state index contributed by atoms with van der Waals surface area (Å²) in [5.41, 5.74) is 0.948. The summed E-state index contributed by atoms with van der Waals surface area (Å²) in [5.74, 6) is 0.401. The summed E-state index contributed by atoms with van der Waals surface area (Å²) in [6.07, 6.45) is -0.602. The summed E-state index contributed by atoms with van der Waals surface area (Å²) >= 11 is 12.4. The molecule has 1 fully saturated rings. The Balaban J connectivity index is 1.26. The van der Waals surface area contributed by atoms with E-state index in [-0.39, 0.29) is 12.4 Å². The molecule has 0 spiro atoms. The van der Waals surface area contributed by atoms with Gasteiger partial charge in [0.05, 0.1) is 10.7 Å². The van der Waals surface area contributed by atoms with Crippen LogP contribution in [0.2, 0.25) is 10.0 Å². The van der Waals surface area contributed by atoms with Gasteiger partial charge in [-0.15, -0.1) is 0 Å². The first-order valence-electron chi connectivity index (χ1n) is 9.90. The van der Waals surface area contributed by atoms with Crippen molar-refractivity contribution in [2.75, 3.05) is 44.2 Å². The van der Waals surface area contributed by atoms with Gasteiger partial charge in [-0.25, -0.2) is 4.39 Å². The summed E-state index contributed by atoms with van der Waals surface area (Å²) in [6.45, 7) is 4.01. The van der Waals surface area contributed by atoms with Crippen molar-refractivity contribution in [3.8, 4) is 5.75 Å². The van der Waals surface area contributed by atoms with Crippen LogP contribution < -0.4 is 9.64 Å². The lowest BCUT2D eigenvalue weighted by atomic mass is 10.1. The minimum absolute atomic E-state index is 0.201. The highest BCUT2D eigenvalue weighted by molar-refractivity contribution is 6.35. The van der Waals surface area contributed by atoms with Gasteiger partial charge in [0, 0.05) is 37.7 Å². The highest BCUT2D eigenvalue weighted by Gasteiger charge is 2.21. The first-order valence-corrected chi connectivity index (χ1v) is 10.7. The van der Waals surface area contributed by atoms with E-state index in [1.54, 1.807) is 18.2 Å². The number of anilines is 1. The Morgan fingerprint density at radius 2 is 1.67 bits per heavy atom. The zero-order valence-corrected chi connectivity index (χ0v) is 17.9. The first-order chi connectivity index (χ1) is 14.5. The smallest absolute Gasteiger partial charge is 0.123 e. The molecule has 0 aliphatic carbocycles. The van der Waals surface area contributed by atoms with E-state index in [4.69, 9.17) is 27.9 Å². The predicted octanol–water partition coefficient (Wildman–Crippen LogP) is 4.85. The SMILES string of the molecule is OC(COc1ccc2cc(F)ccc2c1)CN1CCN(c2cc(Cl)ccc2Cl)CC1. The number of halogens is 3. The molecule has 30 heavy (non-hydrogen) atoms. The van der Waals surface area contributed by atoms with Crippen LogP contribution >= 0.6 is 23.2 Å². The average molecular weight is 449 g/mol. The summed E-state index contributed by atoms with van der Waals surface area (Å²) in [7, 11) is 0. The van der Waals surface area contributed by atoms with Gasteiger partial charge in [-0.3, -0.25) is 4.90 Å². The van der Waals surface area contributed by atoms with Gasteiger partial charge < -0.3 is 14.7 Å². The Labute approximate surface area is 185 Å². The molecule has 0 bridgehead atoms. The van der Waals surface area contributed by atoms with Crippen LogP contribution in [0.25, 0.3) is 10.8 Å². The number of rotatable bonds is 6. The summed E-state index contributed by atoms with van der Waals surface area (Å²) in [6, 6.07) is 15.6. The second-order valence-corrected chi connectivity index (χ2v) is 8.35. The van der Waals surface area contributed by atoms with Gasteiger partial charge in [0.1, 0.15) is 24.3 Å². The van der Waals surface area contributed by atoms with Crippen molar-refractivity contribution in [3.63, 3.8) is 0 Å². The third-order valence-electron chi connectivity index (χ3n) is 5.31. The predicted molar refractivity (Wildman–Crippen MR) is 121 cm³/mol. The van der Waals surface area contributed by atoms with E-state index in [1.807, 2.05) is 24.3 Å². The molecule has 1 aliphatic rings. The molecule has 1 N–H and O–H groups in total. The normalized spacial score (nSPS) is 16.1. The molecular weight excluding hydrogens is 426 g/mol. The number of aliphatic hydroxyl groups excluding tert-OH is 1. The number of hydrogen-bond donors (Lipinski definition) is 1. The third-order valence-corrected chi connectivity index (χ3v) is 5.86. The van der Waals surface area contributed by atoms with E-state index in [2.05, 4.69) is 9.80 Å². The van der Waals surface area contributed by atoms with Crippen LogP contribution in [-0.4, -0.2) is 55.4 Å². The van der Waals surface area contributed by atoms with Gasteiger partial charge in [0.25, 0.3) is 0 Å². The van der Waals surface area contributed by atoms with E-state index in [0.29, 0.717) is 22.3 Å². The van der Waals surface area contributed by atoms with E-state index in [1.165, 1.54) is 12.1 Å². The van der Waals surface area contributed by atoms with Crippen LogP contribution in [0.3, 0.4) is 0 Å². The fraction of sp³-hybridized carbons (Fsp3) is 0.304. The second-order valence-electron chi connectivity index (χ2n) is 7.50. The Hall–Kier alpha value is -2.05. The maximum atomic E-state index is 13.3. The molecular formula is C23H23Cl2FN2O2. The second kappa shape index (κ2) is 9.40. The Morgan fingerprint density at radius 3 is 2.47 bits per heavy atom. The van der Waals surface area contributed by atoms with Gasteiger partial charge in [-0.1, -0.05) is 35.3 Å². The number of aliphatic hydroxyl groups is 1. The van der Waals surface area contributed by atoms with Gasteiger partial charge >= 0.3 is 0 Å². The lowest BCUT2D eigenvalue weighted by Gasteiger charge is -2.37. The van der Waals surface area contributed by atoms with Crippen molar-refractivity contribution < 1.29 is 14.2 Å². The Bertz CT molecular complexity index is 1030. The standard InChI is InChI=1S/C23H23Cl2FN2O2/c24-18-3-6-22(25)23(13-18)28-9-7-27(8-10-28)14-20(29)15-30-21-5-2-16-11-19(26)4-1-17(16)12-21/h1-6,11-13,20,29H,7-10,14-15H2. The summed E-state index contributed by atoms with van der Waals surface area (Å²) < 4.78 is 19.0. The minimum Gasteiger partial charge on any atom is -0.491 e. The first kappa shape index (κ1) is 21.2. The molecule has 0 radical (unpaired) electrons. The molecule has 7 heteroatoms. The molecule has 3 aromatic carbocycles. The fourth-order valence-electron chi connectivity index (χ4n) is 3.73. The molecule has 1 saturated heterocycles. The van der Waals surface area contributed by atoms with Crippen molar-refractivity contribution in [2.24, 2.45) is 0 Å². The molecule has 0 amide bonds. The lowest BCUT2D eigenvalue weighted by Crippen LogP contribution is -2.49. The molecule has 158 valence electrons. The quantitative estimate of drug-likeness (QED) is 0.584. The highest BCUT2D eigenvalue weighted by Crippen LogP contribution is 2.29. The van der Waals surface area contributed by atoms with Gasteiger partial charge in [-0.2, -0.15) is 0 Å². The monoisotopic (exact) mass is 448 g/mol.